The standard InChI is InChI=1S/C13H15ClN4O2/c1-8-5-15-12-10(14)11(16-18(12)6-8)13(19)17-4-3-9(7-17)20-2/h5-6,9H,3-4,7H2,1-2H3. The lowest BCUT2D eigenvalue weighted by Crippen LogP contribution is -2.30. The molecule has 2 aromatic heterocycles. The number of amides is 1. The van der Waals surface area contributed by atoms with E-state index < -0.39 is 0 Å². The maximum Gasteiger partial charge on any atom is 0.276 e. The molecule has 7 heteroatoms. The van der Waals surface area contributed by atoms with E-state index in [0.29, 0.717) is 23.8 Å². The number of nitrogens with zero attached hydrogens (tertiary/aromatic N) is 4. The largest absolute Gasteiger partial charge is 0.380 e. The van der Waals surface area contributed by atoms with Gasteiger partial charge in [-0.25, -0.2) is 9.50 Å². The molecule has 0 aromatic carbocycles. The molecule has 1 unspecified atom stereocenters. The van der Waals surface area contributed by atoms with Crippen molar-refractivity contribution < 1.29 is 9.53 Å². The predicted molar refractivity (Wildman–Crippen MR) is 74.1 cm³/mol. The second kappa shape index (κ2) is 5.03. The van der Waals surface area contributed by atoms with E-state index in [2.05, 4.69) is 10.1 Å². The monoisotopic (exact) mass is 294 g/mol. The molecule has 0 aliphatic carbocycles. The molecule has 0 bridgehead atoms. The fourth-order valence-electron chi connectivity index (χ4n) is 2.39. The lowest BCUT2D eigenvalue weighted by atomic mass is 10.3. The fourth-order valence-corrected chi connectivity index (χ4v) is 2.65. The van der Waals surface area contributed by atoms with Crippen LogP contribution in [0.4, 0.5) is 0 Å². The maximum atomic E-state index is 12.5. The molecule has 1 saturated heterocycles. The third kappa shape index (κ3) is 2.14. The molecule has 106 valence electrons. The predicted octanol–water partition coefficient (Wildman–Crippen LogP) is 1.55. The molecule has 2 aromatic rings. The van der Waals surface area contributed by atoms with Crippen LogP contribution in [0, 0.1) is 6.92 Å². The highest BCUT2D eigenvalue weighted by Gasteiger charge is 2.30. The first-order chi connectivity index (χ1) is 9.60. The van der Waals surface area contributed by atoms with Gasteiger partial charge in [0.15, 0.2) is 11.3 Å². The molecule has 0 saturated carbocycles. The number of hydrogen-bond acceptors (Lipinski definition) is 4. The highest BCUT2D eigenvalue weighted by atomic mass is 35.5. The Morgan fingerprint density at radius 2 is 2.35 bits per heavy atom. The van der Waals surface area contributed by atoms with Crippen LogP contribution in [0.2, 0.25) is 5.02 Å². The molecule has 6 nitrogen and oxygen atoms in total. The summed E-state index contributed by atoms with van der Waals surface area (Å²) in [4.78, 5) is 18.4. The number of carbonyl (C=O) groups excluding carboxylic acids is 1. The Balaban J connectivity index is 1.94. The number of likely N-dealkylation sites (tertiary alicyclic amines) is 1. The van der Waals surface area contributed by atoms with Crippen molar-refractivity contribution in [3.8, 4) is 0 Å². The van der Waals surface area contributed by atoms with Crippen LogP contribution in [0.5, 0.6) is 0 Å². The van der Waals surface area contributed by atoms with Gasteiger partial charge < -0.3 is 9.64 Å². The quantitative estimate of drug-likeness (QED) is 0.843. The number of aryl methyl sites for hydroxylation is 1. The van der Waals surface area contributed by atoms with Crippen LogP contribution < -0.4 is 0 Å². The maximum absolute atomic E-state index is 12.5. The van der Waals surface area contributed by atoms with Crippen molar-refractivity contribution in [1.29, 1.82) is 0 Å². The fraction of sp³-hybridized carbons (Fsp3) is 0.462. The van der Waals surface area contributed by atoms with Gasteiger partial charge in [0, 0.05) is 32.6 Å². The van der Waals surface area contributed by atoms with Crippen LogP contribution in [0.25, 0.3) is 5.65 Å². The summed E-state index contributed by atoms with van der Waals surface area (Å²) >= 11 is 6.23. The van der Waals surface area contributed by atoms with E-state index in [4.69, 9.17) is 16.3 Å². The van der Waals surface area contributed by atoms with Crippen molar-refractivity contribution in [3.63, 3.8) is 0 Å². The average Bonchev–Trinajstić information content (AvgIpc) is 3.03. The van der Waals surface area contributed by atoms with Crippen LogP contribution >= 0.6 is 11.6 Å². The molecule has 0 radical (unpaired) electrons. The van der Waals surface area contributed by atoms with Crippen LogP contribution in [0.1, 0.15) is 22.5 Å². The molecular formula is C13H15ClN4O2. The number of halogens is 1. The lowest BCUT2D eigenvalue weighted by Gasteiger charge is -2.14. The van der Waals surface area contributed by atoms with Crippen LogP contribution in [0.15, 0.2) is 12.4 Å². The lowest BCUT2D eigenvalue weighted by molar-refractivity contribution is 0.0719. The summed E-state index contributed by atoms with van der Waals surface area (Å²) in [5, 5.41) is 4.56. The highest BCUT2D eigenvalue weighted by Crippen LogP contribution is 2.23. The Hall–Kier alpha value is -1.66. The second-order valence-electron chi connectivity index (χ2n) is 4.96. The number of rotatable bonds is 2. The number of carbonyl (C=O) groups is 1. The first-order valence-electron chi connectivity index (χ1n) is 6.42. The molecule has 3 heterocycles. The van der Waals surface area contributed by atoms with Crippen LogP contribution in [-0.2, 0) is 4.74 Å². The summed E-state index contributed by atoms with van der Waals surface area (Å²) in [5.74, 6) is -0.169. The first kappa shape index (κ1) is 13.3. The Kier molecular flexibility index (Phi) is 3.35. The van der Waals surface area contributed by atoms with E-state index in [1.807, 2.05) is 6.92 Å². The molecule has 1 fully saturated rings. The van der Waals surface area contributed by atoms with Crippen molar-refractivity contribution in [1.82, 2.24) is 19.5 Å². The molecular weight excluding hydrogens is 280 g/mol. The van der Waals surface area contributed by atoms with Crippen LogP contribution in [-0.4, -0.2) is 51.7 Å². The number of aromatic nitrogens is 3. The third-order valence-electron chi connectivity index (χ3n) is 3.51. The van der Waals surface area contributed by atoms with E-state index in [9.17, 15) is 4.79 Å². The zero-order valence-electron chi connectivity index (χ0n) is 11.3. The number of fused-ring (bicyclic) bond motifs is 1. The zero-order chi connectivity index (χ0) is 14.3. The number of ether oxygens (including phenoxy) is 1. The number of hydrogen-bond donors (Lipinski definition) is 0. The summed E-state index contributed by atoms with van der Waals surface area (Å²) in [7, 11) is 1.66. The van der Waals surface area contributed by atoms with Gasteiger partial charge in [0.25, 0.3) is 5.91 Å². The topological polar surface area (TPSA) is 59.7 Å². The van der Waals surface area contributed by atoms with Crippen molar-refractivity contribution in [3.05, 3.63) is 28.7 Å². The van der Waals surface area contributed by atoms with Gasteiger partial charge in [-0.05, 0) is 18.9 Å². The zero-order valence-corrected chi connectivity index (χ0v) is 12.1. The Labute approximate surface area is 121 Å². The first-order valence-corrected chi connectivity index (χ1v) is 6.80. The van der Waals surface area contributed by atoms with Gasteiger partial charge in [0.1, 0.15) is 5.02 Å². The van der Waals surface area contributed by atoms with E-state index >= 15 is 0 Å². The minimum atomic E-state index is -0.169. The molecule has 1 atom stereocenters. The van der Waals surface area contributed by atoms with Gasteiger partial charge in [0.05, 0.1) is 6.10 Å². The van der Waals surface area contributed by atoms with Crippen molar-refractivity contribution in [2.24, 2.45) is 0 Å². The van der Waals surface area contributed by atoms with Gasteiger partial charge >= 0.3 is 0 Å². The molecule has 1 amide bonds. The smallest absolute Gasteiger partial charge is 0.276 e. The Bertz CT molecular complexity index is 670. The van der Waals surface area contributed by atoms with Gasteiger partial charge in [-0.3, -0.25) is 4.79 Å². The Morgan fingerprint density at radius 1 is 1.55 bits per heavy atom. The second-order valence-corrected chi connectivity index (χ2v) is 5.34. The SMILES string of the molecule is COC1CCN(C(=O)c2nn3cc(C)cnc3c2Cl)C1. The van der Waals surface area contributed by atoms with E-state index in [1.54, 1.807) is 28.9 Å². The van der Waals surface area contributed by atoms with Crippen LogP contribution in [0.3, 0.4) is 0 Å². The minimum Gasteiger partial charge on any atom is -0.380 e. The highest BCUT2D eigenvalue weighted by molar-refractivity contribution is 6.36. The van der Waals surface area contributed by atoms with E-state index in [1.165, 1.54) is 0 Å². The van der Waals surface area contributed by atoms with Crippen molar-refractivity contribution >= 4 is 23.2 Å². The molecule has 0 spiro atoms. The Morgan fingerprint density at radius 3 is 3.05 bits per heavy atom. The molecule has 1 aliphatic heterocycles. The number of methoxy groups -OCH3 is 1. The minimum absolute atomic E-state index is 0.0927. The molecule has 0 N–H and O–H groups in total. The molecule has 20 heavy (non-hydrogen) atoms. The molecule has 3 rings (SSSR count). The van der Waals surface area contributed by atoms with E-state index in [-0.39, 0.29) is 17.7 Å². The van der Waals surface area contributed by atoms with Gasteiger partial charge in [0.2, 0.25) is 0 Å². The van der Waals surface area contributed by atoms with Gasteiger partial charge in [-0.15, -0.1) is 0 Å². The summed E-state index contributed by atoms with van der Waals surface area (Å²) < 4.78 is 6.82. The van der Waals surface area contributed by atoms with Gasteiger partial charge in [-0.2, -0.15) is 5.10 Å². The summed E-state index contributed by atoms with van der Waals surface area (Å²) in [6.45, 7) is 3.15. The van der Waals surface area contributed by atoms with Crippen molar-refractivity contribution in [2.75, 3.05) is 20.2 Å². The normalized spacial score (nSPS) is 18.9. The summed E-state index contributed by atoms with van der Waals surface area (Å²) in [5.41, 5.74) is 1.71. The summed E-state index contributed by atoms with van der Waals surface area (Å²) in [6.07, 6.45) is 4.43. The van der Waals surface area contributed by atoms with Crippen molar-refractivity contribution in [2.45, 2.75) is 19.4 Å². The van der Waals surface area contributed by atoms with Gasteiger partial charge in [-0.1, -0.05) is 11.6 Å². The third-order valence-corrected chi connectivity index (χ3v) is 3.86. The average molecular weight is 295 g/mol. The van der Waals surface area contributed by atoms with E-state index in [0.717, 1.165) is 12.0 Å². The summed E-state index contributed by atoms with van der Waals surface area (Å²) in [6, 6.07) is 0. The molecule has 1 aliphatic rings.